The van der Waals surface area contributed by atoms with Crippen LogP contribution in [0.1, 0.15) is 27.2 Å². The van der Waals surface area contributed by atoms with Gasteiger partial charge in [-0.3, -0.25) is 0 Å². The Morgan fingerprint density at radius 3 is 2.24 bits per heavy atom. The zero-order valence-corrected chi connectivity index (χ0v) is 10.5. The highest BCUT2D eigenvalue weighted by Crippen LogP contribution is 2.06. The van der Waals surface area contributed by atoms with Crippen molar-refractivity contribution in [3.8, 4) is 0 Å². The summed E-state index contributed by atoms with van der Waals surface area (Å²) in [5.74, 6) is -0.997. The van der Waals surface area contributed by atoms with Gasteiger partial charge in [0.1, 0.15) is 5.70 Å². The van der Waals surface area contributed by atoms with Gasteiger partial charge < -0.3 is 15.2 Å². The predicted molar refractivity (Wildman–Crippen MR) is 63.9 cm³/mol. The molecular weight excluding hydrogens is 222 g/mol. The van der Waals surface area contributed by atoms with E-state index in [2.05, 4.69) is 6.58 Å². The number of hydrogen-bond donors (Lipinski definition) is 1. The Bertz CT molecular complexity index is 344. The van der Waals surface area contributed by atoms with Gasteiger partial charge in [0.05, 0.1) is 13.2 Å². The molecule has 0 aromatic rings. The molecule has 0 bridgehead atoms. The second-order valence-corrected chi connectivity index (χ2v) is 3.58. The van der Waals surface area contributed by atoms with Gasteiger partial charge in [0.2, 0.25) is 0 Å². The Morgan fingerprint density at radius 2 is 1.76 bits per heavy atom. The van der Waals surface area contributed by atoms with Crippen molar-refractivity contribution in [1.29, 1.82) is 0 Å². The molecule has 0 aliphatic carbocycles. The van der Waals surface area contributed by atoms with E-state index in [1.54, 1.807) is 20.8 Å². The molecule has 0 amide bonds. The number of ether oxygens (including phenoxy) is 2. The smallest absolute Gasteiger partial charge is 0.354 e. The molecule has 17 heavy (non-hydrogen) atoms. The van der Waals surface area contributed by atoms with Crippen molar-refractivity contribution in [2.24, 2.45) is 5.73 Å². The molecule has 2 N–H and O–H groups in total. The molecule has 0 aromatic carbocycles. The van der Waals surface area contributed by atoms with Gasteiger partial charge in [-0.05, 0) is 26.3 Å². The molecule has 96 valence electrons. The summed E-state index contributed by atoms with van der Waals surface area (Å²) < 4.78 is 9.63. The van der Waals surface area contributed by atoms with Gasteiger partial charge in [-0.2, -0.15) is 0 Å². The molecule has 0 aromatic heterocycles. The zero-order valence-electron chi connectivity index (χ0n) is 10.5. The van der Waals surface area contributed by atoms with Gasteiger partial charge in [0.15, 0.2) is 0 Å². The standard InChI is InChI=1S/C12H19NO4/c1-5-16-12(15)10(13)9(4)6-7-17-11(14)8(2)3/h2,5-7,13H2,1,3-4H3. The van der Waals surface area contributed by atoms with Crippen LogP contribution in [0, 0.1) is 0 Å². The number of carbonyl (C=O) groups is 2. The van der Waals surface area contributed by atoms with Crippen LogP contribution in [0.2, 0.25) is 0 Å². The summed E-state index contributed by atoms with van der Waals surface area (Å²) >= 11 is 0. The Kier molecular flexibility index (Phi) is 6.70. The maximum Gasteiger partial charge on any atom is 0.354 e. The van der Waals surface area contributed by atoms with Crippen LogP contribution in [0.3, 0.4) is 0 Å². The van der Waals surface area contributed by atoms with E-state index in [4.69, 9.17) is 15.2 Å². The Morgan fingerprint density at radius 1 is 1.18 bits per heavy atom. The minimum absolute atomic E-state index is 0.0678. The lowest BCUT2D eigenvalue weighted by atomic mass is 10.2. The molecule has 0 heterocycles. The van der Waals surface area contributed by atoms with Gasteiger partial charge in [-0.15, -0.1) is 0 Å². The van der Waals surface area contributed by atoms with Crippen LogP contribution in [0.4, 0.5) is 0 Å². The predicted octanol–water partition coefficient (Wildman–Crippen LogP) is 1.29. The number of hydrogen-bond acceptors (Lipinski definition) is 5. The Balaban J connectivity index is 4.20. The quantitative estimate of drug-likeness (QED) is 0.560. The molecule has 0 saturated heterocycles. The monoisotopic (exact) mass is 241 g/mol. The molecule has 0 radical (unpaired) electrons. The maximum atomic E-state index is 11.3. The third-order valence-corrected chi connectivity index (χ3v) is 2.01. The zero-order chi connectivity index (χ0) is 13.4. The lowest BCUT2D eigenvalue weighted by Gasteiger charge is -2.08. The molecule has 0 aliphatic heterocycles. The average Bonchev–Trinajstić information content (AvgIpc) is 2.27. The summed E-state index contributed by atoms with van der Waals surface area (Å²) in [7, 11) is 0. The Labute approximate surface area is 101 Å². The molecule has 0 atom stereocenters. The van der Waals surface area contributed by atoms with Crippen LogP contribution in [-0.2, 0) is 19.1 Å². The first-order chi connectivity index (χ1) is 7.90. The highest BCUT2D eigenvalue weighted by Gasteiger charge is 2.10. The van der Waals surface area contributed by atoms with Crippen molar-refractivity contribution in [3.63, 3.8) is 0 Å². The normalized spacial score (nSPS) is 11.5. The van der Waals surface area contributed by atoms with Crippen LogP contribution < -0.4 is 5.73 Å². The van der Waals surface area contributed by atoms with Crippen molar-refractivity contribution < 1.29 is 19.1 Å². The van der Waals surface area contributed by atoms with Crippen LogP contribution in [-0.4, -0.2) is 25.2 Å². The summed E-state index contributed by atoms with van der Waals surface area (Å²) in [6.45, 7) is 8.86. The van der Waals surface area contributed by atoms with Gasteiger partial charge in [-0.25, -0.2) is 9.59 Å². The maximum absolute atomic E-state index is 11.3. The topological polar surface area (TPSA) is 78.6 Å². The van der Waals surface area contributed by atoms with E-state index in [9.17, 15) is 9.59 Å². The molecule has 0 rings (SSSR count). The van der Waals surface area contributed by atoms with Crippen LogP contribution >= 0.6 is 0 Å². The van der Waals surface area contributed by atoms with Crippen molar-refractivity contribution >= 4 is 11.9 Å². The summed E-state index contributed by atoms with van der Waals surface area (Å²) in [5.41, 5.74) is 6.61. The number of rotatable bonds is 6. The van der Waals surface area contributed by atoms with Gasteiger partial charge in [0, 0.05) is 12.0 Å². The molecule has 0 unspecified atom stereocenters. The van der Waals surface area contributed by atoms with E-state index in [0.717, 1.165) is 0 Å². The van der Waals surface area contributed by atoms with Gasteiger partial charge in [0.25, 0.3) is 0 Å². The van der Waals surface area contributed by atoms with Crippen molar-refractivity contribution in [2.45, 2.75) is 27.2 Å². The first-order valence-electron chi connectivity index (χ1n) is 5.35. The highest BCUT2D eigenvalue weighted by molar-refractivity contribution is 5.88. The first kappa shape index (κ1) is 15.2. The van der Waals surface area contributed by atoms with Crippen molar-refractivity contribution in [1.82, 2.24) is 0 Å². The first-order valence-corrected chi connectivity index (χ1v) is 5.35. The lowest BCUT2D eigenvalue weighted by molar-refractivity contribution is -0.139. The minimum atomic E-state index is -0.545. The van der Waals surface area contributed by atoms with E-state index >= 15 is 0 Å². The lowest BCUT2D eigenvalue weighted by Crippen LogP contribution is -2.17. The van der Waals surface area contributed by atoms with Crippen molar-refractivity contribution in [3.05, 3.63) is 23.4 Å². The Hall–Kier alpha value is -1.78. The largest absolute Gasteiger partial charge is 0.462 e. The SMILES string of the molecule is C=C(C)C(=O)OCCC(C)=C(N)C(=O)OCC. The minimum Gasteiger partial charge on any atom is -0.462 e. The summed E-state index contributed by atoms with van der Waals surface area (Å²) in [5, 5.41) is 0. The molecule has 5 nitrogen and oxygen atoms in total. The third kappa shape index (κ3) is 5.75. The fourth-order valence-corrected chi connectivity index (χ4v) is 0.938. The molecule has 0 saturated carbocycles. The van der Waals surface area contributed by atoms with Gasteiger partial charge in [-0.1, -0.05) is 6.58 Å². The molecule has 0 aliphatic rings. The molecule has 0 spiro atoms. The van der Waals surface area contributed by atoms with E-state index in [1.807, 2.05) is 0 Å². The van der Waals surface area contributed by atoms with Crippen LogP contribution in [0.25, 0.3) is 0 Å². The second-order valence-electron chi connectivity index (χ2n) is 3.58. The van der Waals surface area contributed by atoms with E-state index in [0.29, 0.717) is 17.6 Å². The summed E-state index contributed by atoms with van der Waals surface area (Å²) in [6, 6.07) is 0. The number of carbonyl (C=O) groups excluding carboxylic acids is 2. The average molecular weight is 241 g/mol. The third-order valence-electron chi connectivity index (χ3n) is 2.01. The van der Waals surface area contributed by atoms with Gasteiger partial charge >= 0.3 is 11.9 Å². The summed E-state index contributed by atoms with van der Waals surface area (Å²) in [4.78, 5) is 22.3. The summed E-state index contributed by atoms with van der Waals surface area (Å²) in [6.07, 6.45) is 0.393. The molecule has 5 heteroatoms. The highest BCUT2D eigenvalue weighted by atomic mass is 16.5. The fraction of sp³-hybridized carbons (Fsp3) is 0.500. The van der Waals surface area contributed by atoms with Crippen LogP contribution in [0.15, 0.2) is 23.4 Å². The van der Waals surface area contributed by atoms with E-state index < -0.39 is 11.9 Å². The van der Waals surface area contributed by atoms with Crippen molar-refractivity contribution in [2.75, 3.05) is 13.2 Å². The fourth-order valence-electron chi connectivity index (χ4n) is 0.938. The van der Waals surface area contributed by atoms with E-state index in [-0.39, 0.29) is 18.9 Å². The van der Waals surface area contributed by atoms with Crippen LogP contribution in [0.5, 0.6) is 0 Å². The number of nitrogens with two attached hydrogens (primary N) is 1. The van der Waals surface area contributed by atoms with E-state index in [1.165, 1.54) is 0 Å². The molecule has 0 fully saturated rings. The second kappa shape index (κ2) is 7.49. The molecular formula is C12H19NO4. The number of esters is 2.